The molecule has 1 amide bonds. The maximum absolute atomic E-state index is 12.9. The quantitative estimate of drug-likeness (QED) is 0.517. The van der Waals surface area contributed by atoms with Gasteiger partial charge in [0, 0.05) is 37.6 Å². The summed E-state index contributed by atoms with van der Waals surface area (Å²) in [6.07, 6.45) is 2.21. The van der Waals surface area contributed by atoms with Crippen molar-refractivity contribution in [3.05, 3.63) is 53.9 Å². The average Bonchev–Trinajstić information content (AvgIpc) is 3.30. The van der Waals surface area contributed by atoms with Crippen LogP contribution in [-0.4, -0.2) is 53.3 Å². The van der Waals surface area contributed by atoms with Crippen molar-refractivity contribution in [1.82, 2.24) is 24.8 Å². The number of hydrogen-bond acceptors (Lipinski definition) is 5. The number of piperidine rings is 1. The first-order chi connectivity index (χ1) is 15.8. The number of halogens is 2. The Balaban J connectivity index is 1.32. The number of fused-ring (bicyclic) bond motifs is 1. The van der Waals surface area contributed by atoms with Crippen LogP contribution in [0, 0.1) is 5.92 Å². The lowest BCUT2D eigenvalue weighted by Crippen LogP contribution is -2.38. The second kappa shape index (κ2) is 9.92. The first-order valence-corrected chi connectivity index (χ1v) is 12.2. The zero-order chi connectivity index (χ0) is 23.4. The molecule has 0 bridgehead atoms. The fourth-order valence-corrected chi connectivity index (χ4v) is 5.44. The van der Waals surface area contributed by atoms with Gasteiger partial charge >= 0.3 is 0 Å². The Morgan fingerprint density at radius 2 is 1.91 bits per heavy atom. The van der Waals surface area contributed by atoms with Gasteiger partial charge in [0.2, 0.25) is 16.4 Å². The molecule has 1 saturated heterocycles. The number of carbonyl (C=O) groups is 1. The Hall–Kier alpha value is -2.92. The van der Waals surface area contributed by atoms with Gasteiger partial charge < -0.3 is 5.32 Å². The van der Waals surface area contributed by atoms with Crippen LogP contribution in [0.4, 0.5) is 8.78 Å². The van der Waals surface area contributed by atoms with Crippen LogP contribution in [0.2, 0.25) is 0 Å². The van der Waals surface area contributed by atoms with Crippen LogP contribution in [0.5, 0.6) is 0 Å². The van der Waals surface area contributed by atoms with Crippen molar-refractivity contribution in [3.8, 4) is 0 Å². The summed E-state index contributed by atoms with van der Waals surface area (Å²) < 4.78 is 52.1. The molecule has 3 heterocycles. The number of nitrogens with zero attached hydrogens (tertiary/aromatic N) is 3. The summed E-state index contributed by atoms with van der Waals surface area (Å²) in [7, 11) is -3.64. The van der Waals surface area contributed by atoms with Gasteiger partial charge in [-0.3, -0.25) is 9.89 Å². The highest BCUT2D eigenvalue weighted by Crippen LogP contribution is 2.27. The van der Waals surface area contributed by atoms with E-state index in [2.05, 4.69) is 20.5 Å². The van der Waals surface area contributed by atoms with Gasteiger partial charge in [-0.2, -0.15) is 9.40 Å². The minimum Gasteiger partial charge on any atom is -0.348 e. The molecule has 176 valence electrons. The number of hydrogen-bond donors (Lipinski definition) is 2. The standard InChI is InChI=1S/C22H25F2N5O3S/c23-20(24)6-3-15-7-9-29(10-8-15)33(31,32)19-4-1-16(2-5-19)12-26-22(30)18-11-17-14-27-28-21(17)25-13-18/h1-2,4-5,11,13-15,20H,3,6-10,12H2,(H,26,30)(H,25,27,28). The molecule has 0 atom stereocenters. The molecule has 11 heteroatoms. The molecule has 0 saturated carbocycles. The number of benzene rings is 1. The molecule has 0 spiro atoms. The minimum absolute atomic E-state index is 0.135. The predicted molar refractivity (Wildman–Crippen MR) is 118 cm³/mol. The lowest BCUT2D eigenvalue weighted by atomic mass is 9.93. The average molecular weight is 478 g/mol. The third kappa shape index (κ3) is 5.53. The number of sulfonamides is 1. The Labute approximate surface area is 190 Å². The normalized spacial score (nSPS) is 15.8. The van der Waals surface area contributed by atoms with Gasteiger partial charge in [-0.1, -0.05) is 12.1 Å². The van der Waals surface area contributed by atoms with Gasteiger partial charge in [0.15, 0.2) is 5.65 Å². The van der Waals surface area contributed by atoms with E-state index in [1.165, 1.54) is 22.6 Å². The van der Waals surface area contributed by atoms with E-state index in [0.717, 1.165) is 10.9 Å². The highest BCUT2D eigenvalue weighted by Gasteiger charge is 2.29. The summed E-state index contributed by atoms with van der Waals surface area (Å²) in [5.41, 5.74) is 1.76. The van der Waals surface area contributed by atoms with Crippen LogP contribution in [-0.2, 0) is 16.6 Å². The van der Waals surface area contributed by atoms with Crippen molar-refractivity contribution in [1.29, 1.82) is 0 Å². The molecule has 1 aliphatic heterocycles. The van der Waals surface area contributed by atoms with Crippen molar-refractivity contribution in [2.24, 2.45) is 5.92 Å². The van der Waals surface area contributed by atoms with Gasteiger partial charge in [-0.25, -0.2) is 22.2 Å². The number of aromatic amines is 1. The molecule has 2 N–H and O–H groups in total. The molecule has 2 aromatic heterocycles. The highest BCUT2D eigenvalue weighted by molar-refractivity contribution is 7.89. The maximum atomic E-state index is 12.9. The molecular formula is C22H25F2N5O3S. The molecule has 1 aliphatic rings. The smallest absolute Gasteiger partial charge is 0.253 e. The third-order valence-corrected chi connectivity index (χ3v) is 7.85. The van der Waals surface area contributed by atoms with Crippen LogP contribution in [0.25, 0.3) is 11.0 Å². The number of aromatic nitrogens is 3. The van der Waals surface area contributed by atoms with Crippen molar-refractivity contribution >= 4 is 27.0 Å². The fourth-order valence-electron chi connectivity index (χ4n) is 3.97. The highest BCUT2D eigenvalue weighted by atomic mass is 32.2. The number of pyridine rings is 1. The molecule has 0 radical (unpaired) electrons. The summed E-state index contributed by atoms with van der Waals surface area (Å²) in [5.74, 6) is -0.155. The van der Waals surface area contributed by atoms with E-state index in [0.29, 0.717) is 43.6 Å². The summed E-state index contributed by atoms with van der Waals surface area (Å²) in [6, 6.07) is 8.07. The van der Waals surface area contributed by atoms with E-state index in [9.17, 15) is 22.0 Å². The second-order valence-corrected chi connectivity index (χ2v) is 10.1. The molecule has 0 unspecified atom stereocenters. The molecule has 3 aromatic rings. The van der Waals surface area contributed by atoms with Crippen molar-refractivity contribution in [2.75, 3.05) is 13.1 Å². The molecular weight excluding hydrogens is 452 g/mol. The molecule has 8 nitrogen and oxygen atoms in total. The van der Waals surface area contributed by atoms with Crippen LogP contribution in [0.15, 0.2) is 47.6 Å². The van der Waals surface area contributed by atoms with Gasteiger partial charge in [0.05, 0.1) is 16.7 Å². The van der Waals surface area contributed by atoms with Crippen molar-refractivity contribution in [2.45, 2.75) is 43.5 Å². The number of amides is 1. The SMILES string of the molecule is O=C(NCc1ccc(S(=O)(=O)N2CCC(CCC(F)F)CC2)cc1)c1cnc2[nH]ncc2c1. The largest absolute Gasteiger partial charge is 0.348 e. The Morgan fingerprint density at radius 1 is 1.18 bits per heavy atom. The monoisotopic (exact) mass is 477 g/mol. The molecule has 0 aliphatic carbocycles. The number of rotatable bonds is 8. The molecule has 33 heavy (non-hydrogen) atoms. The Morgan fingerprint density at radius 3 is 2.61 bits per heavy atom. The van der Waals surface area contributed by atoms with Gasteiger partial charge in [0.25, 0.3) is 5.91 Å². The zero-order valence-electron chi connectivity index (χ0n) is 17.9. The predicted octanol–water partition coefficient (Wildman–Crippen LogP) is 3.33. The van der Waals surface area contributed by atoms with E-state index < -0.39 is 16.4 Å². The van der Waals surface area contributed by atoms with E-state index in [1.54, 1.807) is 24.4 Å². The molecule has 4 rings (SSSR count). The van der Waals surface area contributed by atoms with Crippen LogP contribution < -0.4 is 5.32 Å². The van der Waals surface area contributed by atoms with Crippen LogP contribution >= 0.6 is 0 Å². The van der Waals surface area contributed by atoms with E-state index in [1.807, 2.05) is 0 Å². The third-order valence-electron chi connectivity index (χ3n) is 5.93. The summed E-state index contributed by atoms with van der Waals surface area (Å²) in [6.45, 7) is 0.907. The van der Waals surface area contributed by atoms with Gasteiger partial charge in [0.1, 0.15) is 0 Å². The summed E-state index contributed by atoms with van der Waals surface area (Å²) in [5, 5.41) is 10.1. The Kier molecular flexibility index (Phi) is 6.99. The molecule has 1 aromatic carbocycles. The first kappa shape index (κ1) is 23.2. The minimum atomic E-state index is -3.64. The topological polar surface area (TPSA) is 108 Å². The second-order valence-electron chi connectivity index (χ2n) is 8.17. The van der Waals surface area contributed by atoms with Gasteiger partial charge in [-0.15, -0.1) is 0 Å². The van der Waals surface area contributed by atoms with Crippen molar-refractivity contribution < 1.29 is 22.0 Å². The fraction of sp³-hybridized carbons (Fsp3) is 0.409. The molecule has 1 fully saturated rings. The van der Waals surface area contributed by atoms with Crippen LogP contribution in [0.1, 0.15) is 41.6 Å². The lowest BCUT2D eigenvalue weighted by molar-refractivity contribution is 0.0950. The van der Waals surface area contributed by atoms with E-state index >= 15 is 0 Å². The zero-order valence-corrected chi connectivity index (χ0v) is 18.7. The lowest BCUT2D eigenvalue weighted by Gasteiger charge is -2.31. The van der Waals surface area contributed by atoms with Gasteiger partial charge in [-0.05, 0) is 48.9 Å². The maximum Gasteiger partial charge on any atom is 0.253 e. The van der Waals surface area contributed by atoms with Crippen LogP contribution in [0.3, 0.4) is 0 Å². The van der Waals surface area contributed by atoms with Crippen molar-refractivity contribution in [3.63, 3.8) is 0 Å². The number of alkyl halides is 2. The number of carbonyl (C=O) groups excluding carboxylic acids is 1. The van der Waals surface area contributed by atoms with E-state index in [-0.39, 0.29) is 29.7 Å². The summed E-state index contributed by atoms with van der Waals surface area (Å²) in [4.78, 5) is 16.7. The Bertz CT molecular complexity index is 1210. The summed E-state index contributed by atoms with van der Waals surface area (Å²) >= 11 is 0. The van der Waals surface area contributed by atoms with E-state index in [4.69, 9.17) is 0 Å². The number of nitrogens with one attached hydrogen (secondary N) is 2. The number of H-pyrrole nitrogens is 1. The first-order valence-electron chi connectivity index (χ1n) is 10.8.